The number of hydrogen-bond donors (Lipinski definition) is 2. The van der Waals surface area contributed by atoms with Crippen molar-refractivity contribution in [3.8, 4) is 6.07 Å². The number of nitrogens with zero attached hydrogens (tertiary/aromatic N) is 1. The summed E-state index contributed by atoms with van der Waals surface area (Å²) >= 11 is 5.61. The van der Waals surface area contributed by atoms with Crippen LogP contribution in [0.25, 0.3) is 0 Å². The predicted molar refractivity (Wildman–Crippen MR) is 47.8 cm³/mol. The summed E-state index contributed by atoms with van der Waals surface area (Å²) in [5.41, 5.74) is 0.439. The second-order valence-electron chi connectivity index (χ2n) is 2.23. The molecule has 0 aliphatic carbocycles. The van der Waals surface area contributed by atoms with E-state index in [9.17, 15) is 4.79 Å². The van der Waals surface area contributed by atoms with Crippen molar-refractivity contribution < 1.29 is 9.90 Å². The average Bonchev–Trinajstić information content (AvgIpc) is 2.07. The SMILES string of the molecule is N#Cc1cc(Cl)ccc1NC(=O)O. The maximum atomic E-state index is 10.3. The fourth-order valence-electron chi connectivity index (χ4n) is 0.833. The van der Waals surface area contributed by atoms with Crippen LogP contribution in [-0.4, -0.2) is 11.2 Å². The van der Waals surface area contributed by atoms with E-state index in [4.69, 9.17) is 22.0 Å². The van der Waals surface area contributed by atoms with Crippen molar-refractivity contribution in [2.24, 2.45) is 0 Å². The number of amides is 1. The van der Waals surface area contributed by atoms with Crippen molar-refractivity contribution in [1.29, 1.82) is 5.26 Å². The Morgan fingerprint density at radius 2 is 2.31 bits per heavy atom. The molecule has 0 atom stereocenters. The van der Waals surface area contributed by atoms with Gasteiger partial charge < -0.3 is 5.11 Å². The van der Waals surface area contributed by atoms with E-state index in [0.29, 0.717) is 5.02 Å². The van der Waals surface area contributed by atoms with E-state index in [0.717, 1.165) is 0 Å². The van der Waals surface area contributed by atoms with E-state index in [1.54, 1.807) is 0 Å². The van der Waals surface area contributed by atoms with Gasteiger partial charge in [-0.2, -0.15) is 5.26 Å². The Morgan fingerprint density at radius 3 is 2.85 bits per heavy atom. The van der Waals surface area contributed by atoms with Gasteiger partial charge in [0.25, 0.3) is 0 Å². The Morgan fingerprint density at radius 1 is 1.62 bits per heavy atom. The molecule has 0 aliphatic heterocycles. The van der Waals surface area contributed by atoms with E-state index >= 15 is 0 Å². The van der Waals surface area contributed by atoms with Crippen molar-refractivity contribution in [1.82, 2.24) is 0 Å². The highest BCUT2D eigenvalue weighted by atomic mass is 35.5. The van der Waals surface area contributed by atoms with Crippen LogP contribution in [0.4, 0.5) is 10.5 Å². The van der Waals surface area contributed by atoms with Gasteiger partial charge in [-0.15, -0.1) is 0 Å². The number of benzene rings is 1. The maximum absolute atomic E-state index is 10.3. The number of carbonyl (C=O) groups is 1. The van der Waals surface area contributed by atoms with E-state index in [1.165, 1.54) is 18.2 Å². The first-order chi connectivity index (χ1) is 6.13. The monoisotopic (exact) mass is 196 g/mol. The Labute approximate surface area is 79.4 Å². The van der Waals surface area contributed by atoms with Gasteiger partial charge in [-0.3, -0.25) is 5.32 Å². The molecule has 0 heterocycles. The number of carboxylic acid groups (broad SMARTS) is 1. The largest absolute Gasteiger partial charge is 0.465 e. The van der Waals surface area contributed by atoms with Gasteiger partial charge in [-0.1, -0.05) is 11.6 Å². The van der Waals surface area contributed by atoms with Gasteiger partial charge in [-0.25, -0.2) is 4.79 Å². The van der Waals surface area contributed by atoms with Crippen LogP contribution in [0, 0.1) is 11.3 Å². The number of nitriles is 1. The van der Waals surface area contributed by atoms with Gasteiger partial charge >= 0.3 is 6.09 Å². The van der Waals surface area contributed by atoms with Gasteiger partial charge in [0.05, 0.1) is 11.3 Å². The molecule has 0 spiro atoms. The zero-order chi connectivity index (χ0) is 9.84. The molecule has 0 bridgehead atoms. The van der Waals surface area contributed by atoms with E-state index in [-0.39, 0.29) is 11.3 Å². The molecular formula is C8H5ClN2O2. The molecule has 0 aromatic heterocycles. The topological polar surface area (TPSA) is 73.1 Å². The Bertz CT molecular complexity index is 384. The van der Waals surface area contributed by atoms with E-state index < -0.39 is 6.09 Å². The minimum absolute atomic E-state index is 0.204. The highest BCUT2D eigenvalue weighted by molar-refractivity contribution is 6.30. The Kier molecular flexibility index (Phi) is 2.72. The molecule has 0 fully saturated rings. The molecule has 0 aliphatic rings. The van der Waals surface area contributed by atoms with Gasteiger partial charge in [-0.05, 0) is 18.2 Å². The average molecular weight is 197 g/mol. The first-order valence-electron chi connectivity index (χ1n) is 3.33. The number of rotatable bonds is 1. The molecule has 1 amide bonds. The lowest BCUT2D eigenvalue weighted by atomic mass is 10.2. The molecule has 4 nitrogen and oxygen atoms in total. The van der Waals surface area contributed by atoms with Crippen molar-refractivity contribution >= 4 is 23.4 Å². The summed E-state index contributed by atoms with van der Waals surface area (Å²) in [7, 11) is 0. The molecular weight excluding hydrogens is 192 g/mol. The minimum Gasteiger partial charge on any atom is -0.465 e. The Hall–Kier alpha value is -1.73. The third-order valence-corrected chi connectivity index (χ3v) is 1.58. The zero-order valence-electron chi connectivity index (χ0n) is 6.41. The fourth-order valence-corrected chi connectivity index (χ4v) is 1.01. The van der Waals surface area contributed by atoms with E-state index in [2.05, 4.69) is 5.32 Å². The molecule has 2 N–H and O–H groups in total. The van der Waals surface area contributed by atoms with Crippen LogP contribution < -0.4 is 5.32 Å². The molecule has 0 radical (unpaired) electrons. The molecule has 0 saturated carbocycles. The smallest absolute Gasteiger partial charge is 0.409 e. The third kappa shape index (κ3) is 2.36. The van der Waals surface area contributed by atoms with Crippen LogP contribution >= 0.6 is 11.6 Å². The minimum atomic E-state index is -1.21. The molecule has 0 saturated heterocycles. The molecule has 1 aromatic carbocycles. The van der Waals surface area contributed by atoms with Crippen molar-refractivity contribution in [3.05, 3.63) is 28.8 Å². The van der Waals surface area contributed by atoms with E-state index in [1.807, 2.05) is 6.07 Å². The van der Waals surface area contributed by atoms with Gasteiger partial charge in [0.15, 0.2) is 0 Å². The quantitative estimate of drug-likeness (QED) is 0.724. The molecule has 1 rings (SSSR count). The van der Waals surface area contributed by atoms with Crippen LogP contribution in [0.5, 0.6) is 0 Å². The zero-order valence-corrected chi connectivity index (χ0v) is 7.17. The molecule has 13 heavy (non-hydrogen) atoms. The lowest BCUT2D eigenvalue weighted by Gasteiger charge is -2.02. The molecule has 5 heteroatoms. The van der Waals surface area contributed by atoms with Crippen LogP contribution in [0.3, 0.4) is 0 Å². The van der Waals surface area contributed by atoms with Gasteiger partial charge in [0, 0.05) is 5.02 Å². The standard InChI is InChI=1S/C8H5ClN2O2/c9-6-1-2-7(11-8(12)13)5(3-6)4-10/h1-3,11H,(H,12,13). The molecule has 1 aromatic rings. The molecule has 0 unspecified atom stereocenters. The van der Waals surface area contributed by atoms with Crippen molar-refractivity contribution in [3.63, 3.8) is 0 Å². The van der Waals surface area contributed by atoms with Crippen molar-refractivity contribution in [2.75, 3.05) is 5.32 Å². The molecule has 66 valence electrons. The van der Waals surface area contributed by atoms with Gasteiger partial charge in [0.2, 0.25) is 0 Å². The summed E-state index contributed by atoms with van der Waals surface area (Å²) in [6, 6.07) is 6.17. The second kappa shape index (κ2) is 3.78. The number of nitrogens with one attached hydrogen (secondary N) is 1. The van der Waals surface area contributed by atoms with Crippen LogP contribution in [0.1, 0.15) is 5.56 Å². The summed E-state index contributed by atoms with van der Waals surface area (Å²) in [5, 5.41) is 19.5. The summed E-state index contributed by atoms with van der Waals surface area (Å²) in [6.45, 7) is 0. The first-order valence-corrected chi connectivity index (χ1v) is 3.71. The summed E-state index contributed by atoms with van der Waals surface area (Å²) < 4.78 is 0. The first kappa shape index (κ1) is 9.36. The normalized spacial score (nSPS) is 8.92. The predicted octanol–water partition coefficient (Wildman–Crippen LogP) is 2.30. The third-order valence-electron chi connectivity index (χ3n) is 1.34. The second-order valence-corrected chi connectivity index (χ2v) is 2.67. The number of hydrogen-bond acceptors (Lipinski definition) is 2. The van der Waals surface area contributed by atoms with Crippen molar-refractivity contribution in [2.45, 2.75) is 0 Å². The maximum Gasteiger partial charge on any atom is 0.409 e. The van der Waals surface area contributed by atoms with Crippen LogP contribution in [0.2, 0.25) is 5.02 Å². The number of halogens is 1. The summed E-state index contributed by atoms with van der Waals surface area (Å²) in [4.78, 5) is 10.3. The lowest BCUT2D eigenvalue weighted by molar-refractivity contribution is 0.209. The van der Waals surface area contributed by atoms with Crippen LogP contribution in [-0.2, 0) is 0 Å². The van der Waals surface area contributed by atoms with Gasteiger partial charge in [0.1, 0.15) is 6.07 Å². The summed E-state index contributed by atoms with van der Waals surface area (Å²) in [5.74, 6) is 0. The summed E-state index contributed by atoms with van der Waals surface area (Å²) in [6.07, 6.45) is -1.21. The van der Waals surface area contributed by atoms with Crippen LogP contribution in [0.15, 0.2) is 18.2 Å². The lowest BCUT2D eigenvalue weighted by Crippen LogP contribution is -2.08. The number of anilines is 1. The fraction of sp³-hybridized carbons (Fsp3) is 0. The highest BCUT2D eigenvalue weighted by Crippen LogP contribution is 2.19. The highest BCUT2D eigenvalue weighted by Gasteiger charge is 2.04. The Balaban J connectivity index is 3.08.